The van der Waals surface area contributed by atoms with Gasteiger partial charge in [0.1, 0.15) is 11.5 Å². The summed E-state index contributed by atoms with van der Waals surface area (Å²) in [7, 11) is 0. The molecule has 154 valence electrons. The maximum Gasteiger partial charge on any atom is 0.254 e. The molecule has 2 amide bonds. The maximum atomic E-state index is 12.9. The van der Waals surface area contributed by atoms with E-state index in [-0.39, 0.29) is 11.8 Å². The molecule has 4 rings (SSSR count). The Labute approximate surface area is 184 Å². The molecule has 7 heteroatoms. The van der Waals surface area contributed by atoms with E-state index in [0.29, 0.717) is 41.5 Å². The van der Waals surface area contributed by atoms with Crippen molar-refractivity contribution >= 4 is 40.7 Å². The Kier molecular flexibility index (Phi) is 5.84. The van der Waals surface area contributed by atoms with Crippen LogP contribution in [0.25, 0.3) is 11.3 Å². The fourth-order valence-corrected chi connectivity index (χ4v) is 3.76. The van der Waals surface area contributed by atoms with E-state index >= 15 is 0 Å². The van der Waals surface area contributed by atoms with Crippen molar-refractivity contribution in [3.63, 3.8) is 0 Å². The summed E-state index contributed by atoms with van der Waals surface area (Å²) in [5.41, 5.74) is 3.09. The Morgan fingerprint density at radius 1 is 1.10 bits per heavy atom. The normalized spacial score (nSPS) is 13.1. The average molecular weight is 443 g/mol. The quantitative estimate of drug-likeness (QED) is 0.554. The molecule has 0 fully saturated rings. The zero-order valence-electron chi connectivity index (χ0n) is 16.4. The number of hydrogen-bond donors (Lipinski definition) is 1. The molecule has 1 N–H and O–H groups in total. The van der Waals surface area contributed by atoms with Gasteiger partial charge in [0, 0.05) is 48.3 Å². The Hall–Kier alpha value is -2.76. The highest BCUT2D eigenvalue weighted by molar-refractivity contribution is 6.42. The smallest absolute Gasteiger partial charge is 0.254 e. The van der Waals surface area contributed by atoms with Crippen LogP contribution in [0.4, 0.5) is 5.69 Å². The van der Waals surface area contributed by atoms with E-state index in [2.05, 4.69) is 5.32 Å². The molecule has 0 spiro atoms. The van der Waals surface area contributed by atoms with Gasteiger partial charge in [-0.25, -0.2) is 0 Å². The van der Waals surface area contributed by atoms with Gasteiger partial charge >= 0.3 is 0 Å². The first-order valence-electron chi connectivity index (χ1n) is 9.71. The molecule has 1 aromatic heterocycles. The fourth-order valence-electron chi connectivity index (χ4n) is 3.46. The van der Waals surface area contributed by atoms with Crippen LogP contribution >= 0.6 is 23.2 Å². The van der Waals surface area contributed by atoms with Gasteiger partial charge in [0.15, 0.2) is 0 Å². The molecule has 0 atom stereocenters. The van der Waals surface area contributed by atoms with E-state index in [1.165, 1.54) is 0 Å². The summed E-state index contributed by atoms with van der Waals surface area (Å²) in [5, 5.41) is 3.64. The second-order valence-corrected chi connectivity index (χ2v) is 7.96. The highest BCUT2D eigenvalue weighted by atomic mass is 35.5. The average Bonchev–Trinajstić information content (AvgIpc) is 3.18. The number of benzene rings is 2. The molecule has 0 aliphatic carbocycles. The SMILES string of the molecule is CCC(=O)Nc1cccc(-c2cc3c(o2)CCN(C(=O)c2ccc(Cl)c(Cl)c2)C3)c1. The topological polar surface area (TPSA) is 62.6 Å². The fraction of sp³-hybridized carbons (Fsp3) is 0.217. The molecule has 30 heavy (non-hydrogen) atoms. The predicted molar refractivity (Wildman–Crippen MR) is 118 cm³/mol. The third-order valence-electron chi connectivity index (χ3n) is 5.07. The Bertz CT molecular complexity index is 1120. The minimum Gasteiger partial charge on any atom is -0.461 e. The number of amides is 2. The van der Waals surface area contributed by atoms with Crippen molar-refractivity contribution in [3.05, 3.63) is 75.5 Å². The molecule has 1 aliphatic rings. The Balaban J connectivity index is 1.53. The van der Waals surface area contributed by atoms with Gasteiger partial charge in [0.25, 0.3) is 5.91 Å². The van der Waals surface area contributed by atoms with Crippen molar-refractivity contribution in [2.75, 3.05) is 11.9 Å². The lowest BCUT2D eigenvalue weighted by atomic mass is 10.1. The lowest BCUT2D eigenvalue weighted by Gasteiger charge is -2.26. The summed E-state index contributed by atoms with van der Waals surface area (Å²) in [6.45, 7) is 2.83. The molecule has 2 aromatic carbocycles. The number of rotatable bonds is 4. The monoisotopic (exact) mass is 442 g/mol. The molecule has 2 heterocycles. The van der Waals surface area contributed by atoms with Crippen molar-refractivity contribution in [2.24, 2.45) is 0 Å². The van der Waals surface area contributed by atoms with Crippen LogP contribution in [0.1, 0.15) is 35.0 Å². The highest BCUT2D eigenvalue weighted by Crippen LogP contribution is 2.32. The van der Waals surface area contributed by atoms with E-state index in [4.69, 9.17) is 27.6 Å². The van der Waals surface area contributed by atoms with Gasteiger partial charge in [-0.3, -0.25) is 9.59 Å². The van der Waals surface area contributed by atoms with E-state index in [1.807, 2.05) is 37.3 Å². The van der Waals surface area contributed by atoms with Gasteiger partial charge in [-0.1, -0.05) is 42.3 Å². The van der Waals surface area contributed by atoms with Crippen LogP contribution < -0.4 is 5.32 Å². The van der Waals surface area contributed by atoms with Crippen molar-refractivity contribution in [1.82, 2.24) is 4.90 Å². The lowest BCUT2D eigenvalue weighted by Crippen LogP contribution is -2.35. The molecule has 0 saturated heterocycles. The van der Waals surface area contributed by atoms with Crippen molar-refractivity contribution in [1.29, 1.82) is 0 Å². The van der Waals surface area contributed by atoms with Crippen molar-refractivity contribution < 1.29 is 14.0 Å². The first kappa shape index (κ1) is 20.5. The van der Waals surface area contributed by atoms with E-state index in [0.717, 1.165) is 28.3 Å². The van der Waals surface area contributed by atoms with Gasteiger partial charge in [-0.05, 0) is 36.4 Å². The van der Waals surface area contributed by atoms with Crippen molar-refractivity contribution in [3.8, 4) is 11.3 Å². The largest absolute Gasteiger partial charge is 0.461 e. The van der Waals surface area contributed by atoms with Gasteiger partial charge in [-0.2, -0.15) is 0 Å². The zero-order valence-corrected chi connectivity index (χ0v) is 17.9. The van der Waals surface area contributed by atoms with Crippen molar-refractivity contribution in [2.45, 2.75) is 26.3 Å². The van der Waals surface area contributed by atoms with Crippen LogP contribution in [0.2, 0.25) is 10.0 Å². The number of carbonyl (C=O) groups is 2. The minimum absolute atomic E-state index is 0.0395. The molecule has 0 radical (unpaired) electrons. The number of hydrogen-bond acceptors (Lipinski definition) is 3. The summed E-state index contributed by atoms with van der Waals surface area (Å²) >= 11 is 12.0. The summed E-state index contributed by atoms with van der Waals surface area (Å²) in [6, 6.07) is 14.4. The van der Waals surface area contributed by atoms with Gasteiger partial charge in [0.2, 0.25) is 5.91 Å². The van der Waals surface area contributed by atoms with Crippen LogP contribution in [-0.4, -0.2) is 23.3 Å². The molecule has 0 unspecified atom stereocenters. The highest BCUT2D eigenvalue weighted by Gasteiger charge is 2.25. The van der Waals surface area contributed by atoms with E-state index < -0.39 is 0 Å². The number of anilines is 1. The molecule has 0 bridgehead atoms. The van der Waals surface area contributed by atoms with Gasteiger partial charge in [-0.15, -0.1) is 0 Å². The van der Waals surface area contributed by atoms with E-state index in [9.17, 15) is 9.59 Å². The predicted octanol–water partition coefficient (Wildman–Crippen LogP) is 5.80. The summed E-state index contributed by atoms with van der Waals surface area (Å²) in [6.07, 6.45) is 1.05. The molecule has 3 aromatic rings. The summed E-state index contributed by atoms with van der Waals surface area (Å²) < 4.78 is 6.06. The standard InChI is InChI=1S/C23H20Cl2N2O3/c1-2-22(28)26-17-5-3-4-14(10-17)21-12-16-13-27(9-8-20(16)30-21)23(29)15-6-7-18(24)19(25)11-15/h3-7,10-12H,2,8-9,13H2,1H3,(H,26,28). The Morgan fingerprint density at radius 2 is 1.93 bits per heavy atom. The molecular formula is C23H20Cl2N2O3. The van der Waals surface area contributed by atoms with E-state index in [1.54, 1.807) is 23.1 Å². The number of nitrogens with zero attached hydrogens (tertiary/aromatic N) is 1. The number of furan rings is 1. The molecule has 0 saturated carbocycles. The Morgan fingerprint density at radius 3 is 2.70 bits per heavy atom. The van der Waals surface area contributed by atoms with Gasteiger partial charge in [0.05, 0.1) is 10.0 Å². The second kappa shape index (κ2) is 8.54. The molecular weight excluding hydrogens is 423 g/mol. The maximum absolute atomic E-state index is 12.9. The third-order valence-corrected chi connectivity index (χ3v) is 5.81. The van der Waals surface area contributed by atoms with Crippen LogP contribution in [0, 0.1) is 0 Å². The van der Waals surface area contributed by atoms with Crippen LogP contribution in [-0.2, 0) is 17.8 Å². The first-order chi connectivity index (χ1) is 14.4. The lowest BCUT2D eigenvalue weighted by molar-refractivity contribution is -0.115. The van der Waals surface area contributed by atoms with Crippen LogP contribution in [0.3, 0.4) is 0 Å². The third kappa shape index (κ3) is 4.23. The second-order valence-electron chi connectivity index (χ2n) is 7.15. The number of nitrogens with one attached hydrogen (secondary N) is 1. The first-order valence-corrected chi connectivity index (χ1v) is 10.5. The number of halogens is 2. The number of carbonyl (C=O) groups excluding carboxylic acids is 2. The molecule has 5 nitrogen and oxygen atoms in total. The molecule has 1 aliphatic heterocycles. The zero-order chi connectivity index (χ0) is 21.3. The van der Waals surface area contributed by atoms with Crippen LogP contribution in [0.5, 0.6) is 0 Å². The summed E-state index contributed by atoms with van der Waals surface area (Å²) in [5.74, 6) is 1.47. The van der Waals surface area contributed by atoms with Gasteiger partial charge < -0.3 is 14.6 Å². The number of fused-ring (bicyclic) bond motifs is 1. The summed E-state index contributed by atoms with van der Waals surface area (Å²) in [4.78, 5) is 26.3. The van der Waals surface area contributed by atoms with Crippen LogP contribution in [0.15, 0.2) is 52.9 Å². The minimum atomic E-state index is -0.0914.